The summed E-state index contributed by atoms with van der Waals surface area (Å²) in [5.41, 5.74) is 3.17. The molecule has 3 nitrogen and oxygen atoms in total. The van der Waals surface area contributed by atoms with Gasteiger partial charge < -0.3 is 9.80 Å². The van der Waals surface area contributed by atoms with Crippen LogP contribution in [-0.4, -0.2) is 43.0 Å². The highest BCUT2D eigenvalue weighted by Gasteiger charge is 2.29. The maximum absolute atomic E-state index is 12.9. The minimum atomic E-state index is 0.189. The number of benzene rings is 2. The van der Waals surface area contributed by atoms with E-state index in [4.69, 9.17) is 0 Å². The number of nitrogens with one attached hydrogen (secondary N) is 1. The number of quaternary nitrogens is 1. The fourth-order valence-electron chi connectivity index (χ4n) is 4.71. The molecule has 0 bridgehead atoms. The summed E-state index contributed by atoms with van der Waals surface area (Å²) in [4.78, 5) is 16.7. The summed E-state index contributed by atoms with van der Waals surface area (Å²) in [7, 11) is 0. The molecule has 1 saturated heterocycles. The molecule has 1 saturated carbocycles. The van der Waals surface area contributed by atoms with Crippen LogP contribution in [-0.2, 0) is 0 Å². The molecule has 1 N–H and O–H groups in total. The molecular weight excluding hydrogens is 332 g/mol. The lowest BCUT2D eigenvalue weighted by Gasteiger charge is -2.36. The van der Waals surface area contributed by atoms with Crippen LogP contribution in [0.25, 0.3) is 11.1 Å². The monoisotopic (exact) mass is 363 g/mol. The van der Waals surface area contributed by atoms with Crippen LogP contribution < -0.4 is 4.90 Å². The maximum atomic E-state index is 12.9. The molecule has 0 radical (unpaired) electrons. The Hall–Kier alpha value is -2.13. The zero-order valence-corrected chi connectivity index (χ0v) is 16.2. The summed E-state index contributed by atoms with van der Waals surface area (Å²) in [6, 6.07) is 19.2. The van der Waals surface area contributed by atoms with E-state index in [0.717, 1.165) is 43.3 Å². The summed E-state index contributed by atoms with van der Waals surface area (Å²) in [5, 5.41) is 0. The van der Waals surface area contributed by atoms with Gasteiger partial charge in [0.05, 0.1) is 32.2 Å². The Morgan fingerprint density at radius 2 is 1.37 bits per heavy atom. The van der Waals surface area contributed by atoms with Crippen molar-refractivity contribution in [2.45, 2.75) is 44.6 Å². The Balaban J connectivity index is 1.35. The molecule has 1 amide bonds. The van der Waals surface area contributed by atoms with Crippen molar-refractivity contribution >= 4 is 5.91 Å². The van der Waals surface area contributed by atoms with Gasteiger partial charge in [0.2, 0.25) is 0 Å². The summed E-state index contributed by atoms with van der Waals surface area (Å²) >= 11 is 0. The highest BCUT2D eigenvalue weighted by atomic mass is 16.2. The number of rotatable bonds is 3. The summed E-state index contributed by atoms with van der Waals surface area (Å²) in [6.07, 6.45) is 8.37. The lowest BCUT2D eigenvalue weighted by atomic mass is 10.0. The summed E-state index contributed by atoms with van der Waals surface area (Å²) in [6.45, 7) is 4.01. The van der Waals surface area contributed by atoms with Crippen molar-refractivity contribution in [1.29, 1.82) is 0 Å². The molecule has 2 aliphatic rings. The first kappa shape index (κ1) is 18.2. The normalized spacial score (nSPS) is 19.6. The van der Waals surface area contributed by atoms with E-state index in [9.17, 15) is 4.79 Å². The second kappa shape index (κ2) is 8.71. The van der Waals surface area contributed by atoms with Crippen molar-refractivity contribution in [3.05, 3.63) is 60.2 Å². The molecule has 1 aliphatic carbocycles. The zero-order chi connectivity index (χ0) is 18.5. The third-order valence-electron chi connectivity index (χ3n) is 6.36. The number of piperazine rings is 1. The molecule has 27 heavy (non-hydrogen) atoms. The van der Waals surface area contributed by atoms with Gasteiger partial charge in [0.25, 0.3) is 5.91 Å². The van der Waals surface area contributed by atoms with Gasteiger partial charge in [0, 0.05) is 5.56 Å². The minimum absolute atomic E-state index is 0.189. The fraction of sp³-hybridized carbons (Fsp3) is 0.458. The molecule has 4 rings (SSSR count). The first-order valence-electron chi connectivity index (χ1n) is 10.6. The molecule has 2 aromatic rings. The first-order valence-corrected chi connectivity index (χ1v) is 10.6. The van der Waals surface area contributed by atoms with E-state index >= 15 is 0 Å². The number of carbonyl (C=O) groups is 1. The van der Waals surface area contributed by atoms with E-state index in [2.05, 4.69) is 29.2 Å². The van der Waals surface area contributed by atoms with Crippen LogP contribution in [0.15, 0.2) is 54.6 Å². The molecule has 0 aromatic heterocycles. The lowest BCUT2D eigenvalue weighted by molar-refractivity contribution is -0.929. The predicted octanol–water partition coefficient (Wildman–Crippen LogP) is 3.42. The van der Waals surface area contributed by atoms with Crippen molar-refractivity contribution in [2.24, 2.45) is 0 Å². The Morgan fingerprint density at radius 3 is 2.00 bits per heavy atom. The van der Waals surface area contributed by atoms with Crippen molar-refractivity contribution in [3.8, 4) is 11.1 Å². The van der Waals surface area contributed by atoms with Gasteiger partial charge in [-0.05, 0) is 48.9 Å². The van der Waals surface area contributed by atoms with Crippen molar-refractivity contribution in [3.63, 3.8) is 0 Å². The number of nitrogens with zero attached hydrogens (tertiary/aromatic N) is 1. The van der Waals surface area contributed by atoms with Crippen LogP contribution in [0.3, 0.4) is 0 Å². The quantitative estimate of drug-likeness (QED) is 0.831. The molecule has 0 spiro atoms. The number of hydrogen-bond donors (Lipinski definition) is 1. The Morgan fingerprint density at radius 1 is 0.778 bits per heavy atom. The summed E-state index contributed by atoms with van der Waals surface area (Å²) < 4.78 is 0. The number of hydrogen-bond acceptors (Lipinski definition) is 1. The van der Waals surface area contributed by atoms with E-state index in [1.165, 1.54) is 44.1 Å². The average molecular weight is 364 g/mol. The lowest BCUT2D eigenvalue weighted by Crippen LogP contribution is -3.18. The fourth-order valence-corrected chi connectivity index (χ4v) is 4.71. The second-order valence-electron chi connectivity index (χ2n) is 8.08. The molecule has 0 unspecified atom stereocenters. The number of amides is 1. The molecule has 1 aliphatic heterocycles. The first-order chi connectivity index (χ1) is 13.3. The molecule has 142 valence electrons. The Labute approximate surface area is 163 Å². The van der Waals surface area contributed by atoms with Crippen LogP contribution in [0.4, 0.5) is 0 Å². The molecular formula is C24H31N2O+. The van der Waals surface area contributed by atoms with Gasteiger partial charge in [-0.2, -0.15) is 0 Å². The van der Waals surface area contributed by atoms with E-state index in [1.807, 2.05) is 30.3 Å². The molecule has 0 atom stereocenters. The van der Waals surface area contributed by atoms with Gasteiger partial charge in [-0.1, -0.05) is 55.3 Å². The van der Waals surface area contributed by atoms with Gasteiger partial charge in [0.1, 0.15) is 0 Å². The highest BCUT2D eigenvalue weighted by Crippen LogP contribution is 2.20. The van der Waals surface area contributed by atoms with Gasteiger partial charge >= 0.3 is 0 Å². The molecule has 2 fully saturated rings. The largest absolute Gasteiger partial charge is 0.330 e. The molecule has 1 heterocycles. The third kappa shape index (κ3) is 4.41. The second-order valence-corrected chi connectivity index (χ2v) is 8.08. The number of carbonyl (C=O) groups excluding carboxylic acids is 1. The van der Waals surface area contributed by atoms with E-state index in [0.29, 0.717) is 0 Å². The Bertz CT molecular complexity index is 725. The topological polar surface area (TPSA) is 24.8 Å². The van der Waals surface area contributed by atoms with Crippen LogP contribution in [0.1, 0.15) is 48.9 Å². The van der Waals surface area contributed by atoms with Crippen LogP contribution in [0, 0.1) is 0 Å². The third-order valence-corrected chi connectivity index (χ3v) is 6.36. The SMILES string of the molecule is O=C(c1ccc(-c2ccccc2)cc1)N1CC[NH+](C2CCCCCC2)CC1. The van der Waals surface area contributed by atoms with Crippen LogP contribution >= 0.6 is 0 Å². The van der Waals surface area contributed by atoms with Crippen molar-refractivity contribution in [1.82, 2.24) is 4.90 Å². The van der Waals surface area contributed by atoms with Gasteiger partial charge in [-0.25, -0.2) is 0 Å². The van der Waals surface area contributed by atoms with E-state index in [1.54, 1.807) is 4.90 Å². The van der Waals surface area contributed by atoms with Crippen molar-refractivity contribution in [2.75, 3.05) is 26.2 Å². The standard InChI is InChI=1S/C24H30N2O/c27-24(22-14-12-21(13-15-22)20-8-4-3-5-9-20)26-18-16-25(17-19-26)23-10-6-1-2-7-11-23/h3-5,8-9,12-15,23H,1-2,6-7,10-11,16-19H2/p+1. The molecule has 3 heteroatoms. The highest BCUT2D eigenvalue weighted by molar-refractivity contribution is 5.94. The maximum Gasteiger partial charge on any atom is 0.254 e. The van der Waals surface area contributed by atoms with E-state index in [-0.39, 0.29) is 5.91 Å². The van der Waals surface area contributed by atoms with Gasteiger partial charge in [-0.3, -0.25) is 4.79 Å². The summed E-state index contributed by atoms with van der Waals surface area (Å²) in [5.74, 6) is 0.189. The van der Waals surface area contributed by atoms with Crippen molar-refractivity contribution < 1.29 is 9.69 Å². The molecule has 2 aromatic carbocycles. The van der Waals surface area contributed by atoms with Gasteiger partial charge in [0.15, 0.2) is 0 Å². The average Bonchev–Trinajstić information content (AvgIpc) is 3.04. The predicted molar refractivity (Wildman–Crippen MR) is 110 cm³/mol. The van der Waals surface area contributed by atoms with Crippen LogP contribution in [0.5, 0.6) is 0 Å². The Kier molecular flexibility index (Phi) is 5.88. The smallest absolute Gasteiger partial charge is 0.254 e. The van der Waals surface area contributed by atoms with E-state index < -0.39 is 0 Å². The zero-order valence-electron chi connectivity index (χ0n) is 16.2. The van der Waals surface area contributed by atoms with Crippen LogP contribution in [0.2, 0.25) is 0 Å². The van der Waals surface area contributed by atoms with Gasteiger partial charge in [-0.15, -0.1) is 0 Å². The minimum Gasteiger partial charge on any atom is -0.330 e.